The Labute approximate surface area is 139 Å². The first kappa shape index (κ1) is 17.0. The molecule has 0 aliphatic rings. The van der Waals surface area contributed by atoms with Gasteiger partial charge < -0.3 is 15.2 Å². The van der Waals surface area contributed by atoms with Crippen molar-refractivity contribution in [3.63, 3.8) is 0 Å². The lowest BCUT2D eigenvalue weighted by Crippen LogP contribution is -2.41. The number of nitrogens with zero attached hydrogens (tertiary/aromatic N) is 1. The Morgan fingerprint density at radius 3 is 2.35 bits per heavy atom. The number of hydrogen-bond acceptors (Lipinski definition) is 4. The molecule has 2 aromatic rings. The number of rotatable bonds is 4. The van der Waals surface area contributed by atoms with Crippen molar-refractivity contribution in [3.8, 4) is 0 Å². The lowest BCUT2D eigenvalue weighted by Gasteiger charge is -2.22. The molecular weight excluding hydrogens is 318 g/mol. The number of aromatic nitrogens is 1. The molecule has 0 radical (unpaired) electrons. The Hall–Kier alpha value is -2.34. The van der Waals surface area contributed by atoms with Crippen LogP contribution in [0.2, 0.25) is 5.02 Å². The molecule has 23 heavy (non-hydrogen) atoms. The largest absolute Gasteiger partial charge is 0.360 e. The highest BCUT2D eigenvalue weighted by atomic mass is 35.5. The van der Waals surface area contributed by atoms with Crippen LogP contribution in [0.15, 0.2) is 28.8 Å². The van der Waals surface area contributed by atoms with Gasteiger partial charge in [-0.1, -0.05) is 22.8 Å². The zero-order valence-corrected chi connectivity index (χ0v) is 14.1. The smallest absolute Gasteiger partial charge is 0.240 e. The van der Waals surface area contributed by atoms with Crippen LogP contribution in [0.4, 0.5) is 11.5 Å². The van der Waals surface area contributed by atoms with Crippen LogP contribution in [0.5, 0.6) is 0 Å². The number of hydrogen-bond donors (Lipinski definition) is 2. The third-order valence-corrected chi connectivity index (χ3v) is 3.84. The maximum Gasteiger partial charge on any atom is 0.240 e. The van der Waals surface area contributed by atoms with Crippen molar-refractivity contribution in [1.82, 2.24) is 5.16 Å². The van der Waals surface area contributed by atoms with Crippen LogP contribution in [0.3, 0.4) is 0 Å². The molecule has 0 fully saturated rings. The number of amides is 2. The molecule has 0 aliphatic carbocycles. The summed E-state index contributed by atoms with van der Waals surface area (Å²) in [7, 11) is 0. The lowest BCUT2D eigenvalue weighted by molar-refractivity contribution is -0.135. The van der Waals surface area contributed by atoms with Gasteiger partial charge in [0.15, 0.2) is 5.82 Å². The first-order chi connectivity index (χ1) is 10.7. The minimum atomic E-state index is -1.30. The maximum atomic E-state index is 12.4. The molecule has 6 nitrogen and oxygen atoms in total. The molecule has 0 bridgehead atoms. The maximum absolute atomic E-state index is 12.4. The van der Waals surface area contributed by atoms with Gasteiger partial charge in [-0.2, -0.15) is 0 Å². The summed E-state index contributed by atoms with van der Waals surface area (Å²) < 4.78 is 4.88. The van der Waals surface area contributed by atoms with Gasteiger partial charge >= 0.3 is 0 Å². The van der Waals surface area contributed by atoms with E-state index in [1.165, 1.54) is 13.8 Å². The first-order valence-corrected chi connectivity index (χ1v) is 7.40. The first-order valence-electron chi connectivity index (χ1n) is 7.02. The average molecular weight is 336 g/mol. The molecule has 0 unspecified atom stereocenters. The second kappa shape index (κ2) is 6.42. The summed E-state index contributed by atoms with van der Waals surface area (Å²) in [5.41, 5.74) is 0.136. The minimum Gasteiger partial charge on any atom is -0.360 e. The van der Waals surface area contributed by atoms with E-state index >= 15 is 0 Å². The van der Waals surface area contributed by atoms with Crippen molar-refractivity contribution in [2.45, 2.75) is 27.7 Å². The van der Waals surface area contributed by atoms with Crippen molar-refractivity contribution >= 4 is 34.9 Å². The number of nitrogens with one attached hydrogen (secondary N) is 2. The summed E-state index contributed by atoms with van der Waals surface area (Å²) >= 11 is 6.03. The van der Waals surface area contributed by atoms with E-state index in [9.17, 15) is 9.59 Å². The Morgan fingerprint density at radius 1 is 1.13 bits per heavy atom. The minimum absolute atomic E-state index is 0.270. The fraction of sp³-hybridized carbons (Fsp3) is 0.312. The second-order valence-electron chi connectivity index (χ2n) is 5.82. The molecule has 0 saturated heterocycles. The van der Waals surface area contributed by atoms with Gasteiger partial charge in [-0.15, -0.1) is 0 Å². The molecule has 0 atom stereocenters. The number of anilines is 2. The van der Waals surface area contributed by atoms with Crippen LogP contribution in [-0.2, 0) is 9.59 Å². The summed E-state index contributed by atoms with van der Waals surface area (Å²) in [5.74, 6) is -0.0970. The van der Waals surface area contributed by atoms with E-state index in [0.717, 1.165) is 5.56 Å². The van der Waals surface area contributed by atoms with Crippen molar-refractivity contribution in [2.75, 3.05) is 10.6 Å². The number of benzene rings is 1. The van der Waals surface area contributed by atoms with Crippen LogP contribution in [0.1, 0.15) is 25.2 Å². The summed E-state index contributed by atoms with van der Waals surface area (Å²) in [4.78, 5) is 24.7. The number of aryl methyl sites for hydroxylation is 2. The molecule has 0 aliphatic heterocycles. The standard InChI is InChI=1S/C16H18ClN3O3/c1-9-5-6-11(8-12(9)17)18-14(21)16(3,4)15(22)19-13-7-10(2)23-20-13/h5-8H,1-4H3,(H,18,21)(H,19,20,22). The predicted octanol–water partition coefficient (Wildman–Crippen LogP) is 3.55. The Balaban J connectivity index is 2.09. The third-order valence-electron chi connectivity index (χ3n) is 3.43. The Bertz CT molecular complexity index is 753. The SMILES string of the molecule is Cc1cc(NC(=O)C(C)(C)C(=O)Nc2ccc(C)c(Cl)c2)no1. The molecular formula is C16H18ClN3O3. The highest BCUT2D eigenvalue weighted by molar-refractivity contribution is 6.31. The quantitative estimate of drug-likeness (QED) is 0.837. The summed E-state index contributed by atoms with van der Waals surface area (Å²) in [6.07, 6.45) is 0. The van der Waals surface area contributed by atoms with Crippen LogP contribution >= 0.6 is 11.6 Å². The van der Waals surface area contributed by atoms with Crippen molar-refractivity contribution in [3.05, 3.63) is 40.6 Å². The topological polar surface area (TPSA) is 84.2 Å². The van der Waals surface area contributed by atoms with Crippen molar-refractivity contribution in [2.24, 2.45) is 5.41 Å². The van der Waals surface area contributed by atoms with Gasteiger partial charge in [0.2, 0.25) is 11.8 Å². The molecule has 1 aromatic carbocycles. The van der Waals surface area contributed by atoms with Crippen molar-refractivity contribution < 1.29 is 14.1 Å². The lowest BCUT2D eigenvalue weighted by atomic mass is 9.91. The average Bonchev–Trinajstić information content (AvgIpc) is 2.88. The van der Waals surface area contributed by atoms with Gasteiger partial charge in [0.25, 0.3) is 0 Å². The van der Waals surface area contributed by atoms with E-state index in [4.69, 9.17) is 16.1 Å². The molecule has 2 rings (SSSR count). The van der Waals surface area contributed by atoms with Gasteiger partial charge in [-0.25, -0.2) is 0 Å². The van der Waals surface area contributed by atoms with Crippen LogP contribution < -0.4 is 10.6 Å². The molecule has 122 valence electrons. The zero-order chi connectivity index (χ0) is 17.2. The predicted molar refractivity (Wildman–Crippen MR) is 88.5 cm³/mol. The molecule has 2 N–H and O–H groups in total. The summed E-state index contributed by atoms with van der Waals surface area (Å²) in [5, 5.41) is 9.48. The van der Waals surface area contributed by atoms with Gasteiger partial charge in [-0.05, 0) is 45.4 Å². The van der Waals surface area contributed by atoms with Gasteiger partial charge in [0, 0.05) is 16.8 Å². The number of halogens is 1. The van der Waals surface area contributed by atoms with E-state index in [1.54, 1.807) is 31.2 Å². The van der Waals surface area contributed by atoms with Gasteiger partial charge in [-0.3, -0.25) is 9.59 Å². The normalized spacial score (nSPS) is 11.2. The summed E-state index contributed by atoms with van der Waals surface area (Å²) in [6, 6.07) is 6.74. The fourth-order valence-corrected chi connectivity index (χ4v) is 1.94. The highest BCUT2D eigenvalue weighted by Gasteiger charge is 2.36. The van der Waals surface area contributed by atoms with E-state index in [-0.39, 0.29) is 5.82 Å². The van der Waals surface area contributed by atoms with Crippen molar-refractivity contribution in [1.29, 1.82) is 0 Å². The number of carbonyl (C=O) groups is 2. The molecule has 1 heterocycles. The molecule has 7 heteroatoms. The van der Waals surface area contributed by atoms with E-state index < -0.39 is 17.2 Å². The van der Waals surface area contributed by atoms with Gasteiger partial charge in [0.05, 0.1) is 0 Å². The van der Waals surface area contributed by atoms with Crippen LogP contribution in [-0.4, -0.2) is 17.0 Å². The van der Waals surface area contributed by atoms with E-state index in [0.29, 0.717) is 16.5 Å². The molecule has 0 saturated carbocycles. The van der Waals surface area contributed by atoms with Gasteiger partial charge in [0.1, 0.15) is 11.2 Å². The fourth-order valence-electron chi connectivity index (χ4n) is 1.76. The second-order valence-corrected chi connectivity index (χ2v) is 6.23. The number of carbonyl (C=O) groups excluding carboxylic acids is 2. The molecule has 1 aromatic heterocycles. The Kier molecular flexibility index (Phi) is 4.75. The highest BCUT2D eigenvalue weighted by Crippen LogP contribution is 2.24. The Morgan fingerprint density at radius 2 is 1.78 bits per heavy atom. The monoisotopic (exact) mass is 335 g/mol. The summed E-state index contributed by atoms with van der Waals surface area (Å²) in [6.45, 7) is 6.63. The third kappa shape index (κ3) is 3.90. The molecule has 0 spiro atoms. The van der Waals surface area contributed by atoms with E-state index in [1.807, 2.05) is 6.92 Å². The van der Waals surface area contributed by atoms with Crippen LogP contribution in [0.25, 0.3) is 0 Å². The molecule has 2 amide bonds. The van der Waals surface area contributed by atoms with Crippen LogP contribution in [0, 0.1) is 19.3 Å². The van der Waals surface area contributed by atoms with E-state index in [2.05, 4.69) is 15.8 Å². The zero-order valence-electron chi connectivity index (χ0n) is 13.4.